The number of urea groups is 1. The standard InChI is InChI=1S/C18H25N3O6/c19-18(24)20-9-5-1-2-8-17(23)26-12-16(22)21-10-13-11-25-14-6-3-4-7-15(14)27-13/h3-4,6-7,13H,1-2,5,8-12H2,(H,21,22)(H3,19,20,24)/t13-/m1/s1. The van der Waals surface area contributed by atoms with E-state index < -0.39 is 17.9 Å². The van der Waals surface area contributed by atoms with Crippen molar-refractivity contribution in [3.8, 4) is 11.5 Å². The van der Waals surface area contributed by atoms with Gasteiger partial charge < -0.3 is 30.6 Å². The molecule has 9 heteroatoms. The topological polar surface area (TPSA) is 129 Å². The van der Waals surface area contributed by atoms with E-state index in [0.29, 0.717) is 31.1 Å². The first-order valence-corrected chi connectivity index (χ1v) is 8.88. The third-order valence-electron chi connectivity index (χ3n) is 3.82. The molecule has 4 N–H and O–H groups in total. The van der Waals surface area contributed by atoms with Crippen LogP contribution in [0.25, 0.3) is 0 Å². The molecule has 0 fully saturated rings. The van der Waals surface area contributed by atoms with Gasteiger partial charge in [0.2, 0.25) is 0 Å². The molecule has 1 aliphatic heterocycles. The molecular weight excluding hydrogens is 354 g/mol. The molecule has 1 heterocycles. The van der Waals surface area contributed by atoms with Crippen molar-refractivity contribution in [1.29, 1.82) is 0 Å². The maximum absolute atomic E-state index is 11.8. The number of carbonyl (C=O) groups is 3. The Morgan fingerprint density at radius 3 is 2.67 bits per heavy atom. The van der Waals surface area contributed by atoms with Crippen molar-refractivity contribution in [1.82, 2.24) is 10.6 Å². The number of hydrogen-bond acceptors (Lipinski definition) is 6. The highest BCUT2D eigenvalue weighted by molar-refractivity contribution is 5.80. The fourth-order valence-electron chi connectivity index (χ4n) is 2.44. The summed E-state index contributed by atoms with van der Waals surface area (Å²) in [6.07, 6.45) is 2.02. The summed E-state index contributed by atoms with van der Waals surface area (Å²) in [5, 5.41) is 5.13. The van der Waals surface area contributed by atoms with Crippen LogP contribution in [0.2, 0.25) is 0 Å². The molecular formula is C18H25N3O6. The molecule has 0 saturated heterocycles. The lowest BCUT2D eigenvalue weighted by Gasteiger charge is -2.26. The van der Waals surface area contributed by atoms with Gasteiger partial charge in [0.25, 0.3) is 5.91 Å². The number of benzene rings is 1. The van der Waals surface area contributed by atoms with E-state index in [1.54, 1.807) is 6.07 Å². The van der Waals surface area contributed by atoms with E-state index in [4.69, 9.17) is 19.9 Å². The number of hydrogen-bond donors (Lipinski definition) is 3. The molecule has 148 valence electrons. The number of amides is 3. The van der Waals surface area contributed by atoms with Crippen LogP contribution in [-0.4, -0.2) is 50.3 Å². The minimum atomic E-state index is -0.560. The van der Waals surface area contributed by atoms with Crippen LogP contribution >= 0.6 is 0 Å². The molecule has 0 aromatic heterocycles. The predicted octanol–water partition coefficient (Wildman–Crippen LogP) is 0.714. The highest BCUT2D eigenvalue weighted by Crippen LogP contribution is 2.30. The van der Waals surface area contributed by atoms with Gasteiger partial charge in [0.15, 0.2) is 18.1 Å². The number of fused-ring (bicyclic) bond motifs is 1. The van der Waals surface area contributed by atoms with Gasteiger partial charge in [-0.05, 0) is 25.0 Å². The quantitative estimate of drug-likeness (QED) is 0.406. The highest BCUT2D eigenvalue weighted by Gasteiger charge is 2.21. The number of esters is 1. The number of para-hydroxylation sites is 2. The molecule has 1 aromatic rings. The van der Waals surface area contributed by atoms with E-state index in [1.807, 2.05) is 18.2 Å². The van der Waals surface area contributed by atoms with Gasteiger partial charge in [-0.25, -0.2) is 4.79 Å². The van der Waals surface area contributed by atoms with E-state index in [0.717, 1.165) is 12.8 Å². The normalized spacial score (nSPS) is 14.9. The SMILES string of the molecule is NC(=O)NCCCCCC(=O)OCC(=O)NC[C@@H]1COc2ccccc2O1. The number of ether oxygens (including phenoxy) is 3. The lowest BCUT2D eigenvalue weighted by molar-refractivity contribution is -0.148. The van der Waals surface area contributed by atoms with Gasteiger partial charge in [-0.1, -0.05) is 18.6 Å². The Morgan fingerprint density at radius 2 is 1.89 bits per heavy atom. The summed E-state index contributed by atoms with van der Waals surface area (Å²) in [7, 11) is 0. The molecule has 1 aromatic carbocycles. The van der Waals surface area contributed by atoms with Gasteiger partial charge in [0.05, 0.1) is 6.54 Å². The van der Waals surface area contributed by atoms with Gasteiger partial charge in [-0.3, -0.25) is 9.59 Å². The van der Waals surface area contributed by atoms with Crippen LogP contribution in [0.15, 0.2) is 24.3 Å². The van der Waals surface area contributed by atoms with Crippen molar-refractivity contribution in [2.45, 2.75) is 31.8 Å². The Kier molecular flexibility index (Phi) is 8.21. The zero-order valence-electron chi connectivity index (χ0n) is 15.1. The number of carbonyl (C=O) groups excluding carboxylic acids is 3. The second kappa shape index (κ2) is 10.9. The van der Waals surface area contributed by atoms with Gasteiger partial charge in [-0.2, -0.15) is 0 Å². The van der Waals surface area contributed by atoms with Crippen molar-refractivity contribution >= 4 is 17.9 Å². The fourth-order valence-corrected chi connectivity index (χ4v) is 2.44. The Hall–Kier alpha value is -2.97. The number of primary amides is 1. The Balaban J connectivity index is 1.52. The van der Waals surface area contributed by atoms with Crippen molar-refractivity contribution in [3.05, 3.63) is 24.3 Å². The summed E-state index contributed by atoms with van der Waals surface area (Å²) in [4.78, 5) is 33.9. The monoisotopic (exact) mass is 379 g/mol. The van der Waals surface area contributed by atoms with Crippen LogP contribution in [-0.2, 0) is 14.3 Å². The first-order valence-electron chi connectivity index (χ1n) is 8.88. The highest BCUT2D eigenvalue weighted by atomic mass is 16.6. The van der Waals surface area contributed by atoms with Crippen molar-refractivity contribution in [2.24, 2.45) is 5.73 Å². The zero-order valence-corrected chi connectivity index (χ0v) is 15.1. The molecule has 0 bridgehead atoms. The Labute approximate surface area is 157 Å². The van der Waals surface area contributed by atoms with Gasteiger partial charge >= 0.3 is 12.0 Å². The van der Waals surface area contributed by atoms with E-state index in [2.05, 4.69) is 10.6 Å². The third kappa shape index (κ3) is 7.85. The molecule has 1 atom stereocenters. The molecule has 0 radical (unpaired) electrons. The minimum Gasteiger partial charge on any atom is -0.486 e. The largest absolute Gasteiger partial charge is 0.486 e. The minimum absolute atomic E-state index is 0.222. The average Bonchev–Trinajstić information content (AvgIpc) is 2.67. The summed E-state index contributed by atoms with van der Waals surface area (Å²) in [6.45, 7) is 0.746. The average molecular weight is 379 g/mol. The van der Waals surface area contributed by atoms with Crippen LogP contribution in [0.4, 0.5) is 4.79 Å². The molecule has 9 nitrogen and oxygen atoms in total. The second-order valence-electron chi connectivity index (χ2n) is 6.06. The first kappa shape index (κ1) is 20.3. The van der Waals surface area contributed by atoms with Crippen LogP contribution in [0.1, 0.15) is 25.7 Å². The maximum Gasteiger partial charge on any atom is 0.312 e. The summed E-state index contributed by atoms with van der Waals surface area (Å²) in [5.74, 6) is 0.496. The molecule has 0 saturated carbocycles. The molecule has 2 rings (SSSR count). The lowest BCUT2D eigenvalue weighted by Crippen LogP contribution is -2.42. The smallest absolute Gasteiger partial charge is 0.312 e. The van der Waals surface area contributed by atoms with Crippen LogP contribution in [0.5, 0.6) is 11.5 Å². The second-order valence-corrected chi connectivity index (χ2v) is 6.06. The van der Waals surface area contributed by atoms with E-state index in [9.17, 15) is 14.4 Å². The van der Waals surface area contributed by atoms with Crippen molar-refractivity contribution in [2.75, 3.05) is 26.3 Å². The Morgan fingerprint density at radius 1 is 1.11 bits per heavy atom. The number of nitrogens with one attached hydrogen (secondary N) is 2. The fraction of sp³-hybridized carbons (Fsp3) is 0.500. The van der Waals surface area contributed by atoms with E-state index >= 15 is 0 Å². The molecule has 0 spiro atoms. The van der Waals surface area contributed by atoms with Crippen LogP contribution < -0.4 is 25.8 Å². The van der Waals surface area contributed by atoms with E-state index in [1.165, 1.54) is 0 Å². The molecule has 27 heavy (non-hydrogen) atoms. The molecule has 0 aliphatic carbocycles. The number of unbranched alkanes of at least 4 members (excludes halogenated alkanes) is 2. The molecule has 3 amide bonds. The third-order valence-corrected chi connectivity index (χ3v) is 3.82. The molecule has 0 unspecified atom stereocenters. The van der Waals surface area contributed by atoms with Gasteiger partial charge in [-0.15, -0.1) is 0 Å². The lowest BCUT2D eigenvalue weighted by atomic mass is 10.2. The summed E-state index contributed by atoms with van der Waals surface area (Å²) < 4.78 is 16.2. The zero-order chi connectivity index (χ0) is 19.5. The summed E-state index contributed by atoms with van der Waals surface area (Å²) in [5.41, 5.74) is 4.94. The first-order chi connectivity index (χ1) is 13.0. The van der Waals surface area contributed by atoms with E-state index in [-0.39, 0.29) is 25.7 Å². The molecule has 1 aliphatic rings. The van der Waals surface area contributed by atoms with Crippen LogP contribution in [0, 0.1) is 0 Å². The summed E-state index contributed by atoms with van der Waals surface area (Å²) in [6, 6.07) is 6.76. The number of rotatable bonds is 10. The van der Waals surface area contributed by atoms with Crippen molar-refractivity contribution < 1.29 is 28.6 Å². The maximum atomic E-state index is 11.8. The Bertz CT molecular complexity index is 652. The predicted molar refractivity (Wildman–Crippen MR) is 96.4 cm³/mol. The van der Waals surface area contributed by atoms with Gasteiger partial charge in [0, 0.05) is 13.0 Å². The van der Waals surface area contributed by atoms with Gasteiger partial charge in [0.1, 0.15) is 12.7 Å². The summed E-state index contributed by atoms with van der Waals surface area (Å²) >= 11 is 0. The van der Waals surface area contributed by atoms with Crippen molar-refractivity contribution in [3.63, 3.8) is 0 Å². The number of nitrogens with two attached hydrogens (primary N) is 1. The van der Waals surface area contributed by atoms with Crippen LogP contribution in [0.3, 0.4) is 0 Å².